The Balaban J connectivity index is 2.46. The average molecular weight is 222 g/mol. The molecule has 3 heteroatoms. The molecule has 0 radical (unpaired) electrons. The Morgan fingerprint density at radius 1 is 1.25 bits per heavy atom. The summed E-state index contributed by atoms with van der Waals surface area (Å²) in [5.74, 6) is 0.798. The third kappa shape index (κ3) is 3.42. The minimum atomic E-state index is 0.690. The summed E-state index contributed by atoms with van der Waals surface area (Å²) < 4.78 is 5.69. The molecule has 0 atom stereocenters. The van der Waals surface area contributed by atoms with Gasteiger partial charge in [-0.3, -0.25) is 0 Å². The van der Waals surface area contributed by atoms with Gasteiger partial charge in [0.25, 0.3) is 0 Å². The molecule has 1 aromatic carbocycles. The first kappa shape index (κ1) is 12.8. The molecule has 0 fully saturated rings. The highest BCUT2D eigenvalue weighted by molar-refractivity contribution is 5.57. The minimum Gasteiger partial charge on any atom is -0.490 e. The zero-order valence-corrected chi connectivity index (χ0v) is 10.5. The lowest BCUT2D eigenvalue weighted by atomic mass is 10.2. The van der Waals surface area contributed by atoms with Crippen LogP contribution in [0, 0.1) is 6.92 Å². The molecule has 0 saturated heterocycles. The molecule has 1 aromatic rings. The van der Waals surface area contributed by atoms with Gasteiger partial charge in [0, 0.05) is 6.54 Å². The number of para-hydroxylation sites is 1. The Kier molecular flexibility index (Phi) is 5.12. The van der Waals surface area contributed by atoms with Crippen molar-refractivity contribution in [2.24, 2.45) is 0 Å². The molecule has 2 N–H and O–H groups in total. The average Bonchev–Trinajstić information content (AvgIpc) is 2.30. The number of nitrogens with zero attached hydrogens (tertiary/aromatic N) is 1. The first-order valence-corrected chi connectivity index (χ1v) is 5.89. The van der Waals surface area contributed by atoms with Gasteiger partial charge in [-0.1, -0.05) is 26.0 Å². The van der Waals surface area contributed by atoms with Gasteiger partial charge in [-0.25, -0.2) is 0 Å². The fourth-order valence-electron chi connectivity index (χ4n) is 1.60. The minimum absolute atomic E-state index is 0.690. The SMILES string of the molecule is CCN(CC)CCOc1cccc(C)c1N. The van der Waals surface area contributed by atoms with Crippen molar-refractivity contribution in [2.75, 3.05) is 32.0 Å². The molecular formula is C13H22N2O. The van der Waals surface area contributed by atoms with Crippen LogP contribution in [0.25, 0.3) is 0 Å². The van der Waals surface area contributed by atoms with Crippen molar-refractivity contribution in [3.8, 4) is 5.75 Å². The molecule has 0 saturated carbocycles. The van der Waals surface area contributed by atoms with Gasteiger partial charge in [-0.05, 0) is 31.6 Å². The molecule has 16 heavy (non-hydrogen) atoms. The monoisotopic (exact) mass is 222 g/mol. The summed E-state index contributed by atoms with van der Waals surface area (Å²) in [6.45, 7) is 10.1. The number of anilines is 1. The van der Waals surface area contributed by atoms with Gasteiger partial charge >= 0.3 is 0 Å². The second kappa shape index (κ2) is 6.38. The van der Waals surface area contributed by atoms with Crippen molar-refractivity contribution < 1.29 is 4.74 Å². The fourth-order valence-corrected chi connectivity index (χ4v) is 1.60. The van der Waals surface area contributed by atoms with Crippen molar-refractivity contribution in [3.05, 3.63) is 23.8 Å². The van der Waals surface area contributed by atoms with E-state index in [9.17, 15) is 0 Å². The molecule has 0 aliphatic heterocycles. The van der Waals surface area contributed by atoms with Crippen molar-refractivity contribution in [1.82, 2.24) is 4.90 Å². The van der Waals surface area contributed by atoms with Gasteiger partial charge in [0.15, 0.2) is 0 Å². The molecule has 90 valence electrons. The summed E-state index contributed by atoms with van der Waals surface area (Å²) in [6, 6.07) is 5.88. The Hall–Kier alpha value is -1.22. The maximum atomic E-state index is 5.93. The third-order valence-corrected chi connectivity index (χ3v) is 2.84. The number of nitrogen functional groups attached to an aromatic ring is 1. The number of hydrogen-bond donors (Lipinski definition) is 1. The predicted molar refractivity (Wildman–Crippen MR) is 68.9 cm³/mol. The molecule has 0 spiro atoms. The van der Waals surface area contributed by atoms with Crippen molar-refractivity contribution >= 4 is 5.69 Å². The van der Waals surface area contributed by atoms with E-state index < -0.39 is 0 Å². The largest absolute Gasteiger partial charge is 0.490 e. The molecule has 0 aliphatic rings. The van der Waals surface area contributed by atoms with Crippen LogP contribution in [0.2, 0.25) is 0 Å². The molecule has 0 amide bonds. The van der Waals surface area contributed by atoms with E-state index in [1.54, 1.807) is 0 Å². The van der Waals surface area contributed by atoms with E-state index in [1.807, 2.05) is 25.1 Å². The Morgan fingerprint density at radius 2 is 1.94 bits per heavy atom. The molecule has 0 aromatic heterocycles. The van der Waals surface area contributed by atoms with Gasteiger partial charge in [0.2, 0.25) is 0 Å². The van der Waals surface area contributed by atoms with Crippen LogP contribution in [0.5, 0.6) is 5.75 Å². The number of ether oxygens (including phenoxy) is 1. The number of hydrogen-bond acceptors (Lipinski definition) is 3. The molecule has 0 bridgehead atoms. The summed E-state index contributed by atoms with van der Waals surface area (Å²) in [7, 11) is 0. The van der Waals surface area contributed by atoms with Gasteiger partial charge in [-0.2, -0.15) is 0 Å². The van der Waals surface area contributed by atoms with Gasteiger partial charge in [0.1, 0.15) is 12.4 Å². The van der Waals surface area contributed by atoms with Crippen LogP contribution in [0.4, 0.5) is 5.69 Å². The highest BCUT2D eigenvalue weighted by Gasteiger charge is 2.03. The Labute approximate surface area is 98.2 Å². The summed E-state index contributed by atoms with van der Waals surface area (Å²) in [6.07, 6.45) is 0. The topological polar surface area (TPSA) is 38.5 Å². The van der Waals surface area contributed by atoms with Crippen LogP contribution in [-0.2, 0) is 0 Å². The highest BCUT2D eigenvalue weighted by atomic mass is 16.5. The standard InChI is InChI=1S/C13H22N2O/c1-4-15(5-2)9-10-16-12-8-6-7-11(3)13(12)14/h6-8H,4-5,9-10,14H2,1-3H3. The zero-order chi connectivity index (χ0) is 12.0. The Bertz CT molecular complexity index is 322. The van der Waals surface area contributed by atoms with Crippen LogP contribution in [0.15, 0.2) is 18.2 Å². The predicted octanol–water partition coefficient (Wildman–Crippen LogP) is 2.30. The summed E-state index contributed by atoms with van der Waals surface area (Å²) in [5.41, 5.74) is 7.75. The highest BCUT2D eigenvalue weighted by Crippen LogP contribution is 2.24. The second-order valence-electron chi connectivity index (χ2n) is 3.86. The maximum Gasteiger partial charge on any atom is 0.142 e. The van der Waals surface area contributed by atoms with E-state index in [4.69, 9.17) is 10.5 Å². The van der Waals surface area contributed by atoms with Crippen molar-refractivity contribution in [1.29, 1.82) is 0 Å². The summed E-state index contributed by atoms with van der Waals surface area (Å²) in [4.78, 5) is 2.33. The third-order valence-electron chi connectivity index (χ3n) is 2.84. The first-order chi connectivity index (χ1) is 7.69. The smallest absolute Gasteiger partial charge is 0.142 e. The number of likely N-dealkylation sites (N-methyl/N-ethyl adjacent to an activating group) is 1. The number of aryl methyl sites for hydroxylation is 1. The van der Waals surface area contributed by atoms with E-state index in [0.29, 0.717) is 6.61 Å². The quantitative estimate of drug-likeness (QED) is 0.751. The van der Waals surface area contributed by atoms with E-state index in [1.165, 1.54) is 0 Å². The molecule has 0 heterocycles. The van der Waals surface area contributed by atoms with Crippen molar-refractivity contribution in [2.45, 2.75) is 20.8 Å². The normalized spacial score (nSPS) is 10.8. The van der Waals surface area contributed by atoms with E-state index in [2.05, 4.69) is 18.7 Å². The van der Waals surface area contributed by atoms with Crippen LogP contribution in [0.3, 0.4) is 0 Å². The molecular weight excluding hydrogens is 200 g/mol. The van der Waals surface area contributed by atoms with Crippen molar-refractivity contribution in [3.63, 3.8) is 0 Å². The van der Waals surface area contributed by atoms with Gasteiger partial charge in [0.05, 0.1) is 5.69 Å². The van der Waals surface area contributed by atoms with Crippen LogP contribution >= 0.6 is 0 Å². The fraction of sp³-hybridized carbons (Fsp3) is 0.538. The first-order valence-electron chi connectivity index (χ1n) is 5.89. The molecule has 1 rings (SSSR count). The van der Waals surface area contributed by atoms with E-state index >= 15 is 0 Å². The lowest BCUT2D eigenvalue weighted by Gasteiger charge is -2.18. The van der Waals surface area contributed by atoms with Crippen LogP contribution in [0.1, 0.15) is 19.4 Å². The van der Waals surface area contributed by atoms with Crippen LogP contribution in [-0.4, -0.2) is 31.1 Å². The summed E-state index contributed by atoms with van der Waals surface area (Å²) in [5, 5.41) is 0. The molecule has 0 unspecified atom stereocenters. The van der Waals surface area contributed by atoms with E-state index in [0.717, 1.165) is 36.6 Å². The lowest BCUT2D eigenvalue weighted by Crippen LogP contribution is -2.28. The van der Waals surface area contributed by atoms with Gasteiger partial charge < -0.3 is 15.4 Å². The molecule has 3 nitrogen and oxygen atoms in total. The lowest BCUT2D eigenvalue weighted by molar-refractivity contribution is 0.223. The Morgan fingerprint density at radius 3 is 2.56 bits per heavy atom. The second-order valence-corrected chi connectivity index (χ2v) is 3.86. The molecule has 0 aliphatic carbocycles. The zero-order valence-electron chi connectivity index (χ0n) is 10.5. The number of benzene rings is 1. The van der Waals surface area contributed by atoms with Gasteiger partial charge in [-0.15, -0.1) is 0 Å². The number of rotatable bonds is 6. The summed E-state index contributed by atoms with van der Waals surface area (Å²) >= 11 is 0. The van der Waals surface area contributed by atoms with Crippen LogP contribution < -0.4 is 10.5 Å². The number of nitrogens with two attached hydrogens (primary N) is 1. The van der Waals surface area contributed by atoms with E-state index in [-0.39, 0.29) is 0 Å². The maximum absolute atomic E-state index is 5.93.